The second kappa shape index (κ2) is 16.3. The minimum atomic E-state index is -0.723. The maximum atomic E-state index is 10.9. The van der Waals surface area contributed by atoms with Crippen molar-refractivity contribution in [2.24, 2.45) is 0 Å². The second-order valence-corrected chi connectivity index (χ2v) is 10.5. The van der Waals surface area contributed by atoms with E-state index in [1.54, 1.807) is 12.1 Å². The molecule has 6 nitrogen and oxygen atoms in total. The quantitative estimate of drug-likeness (QED) is 0.137. The van der Waals surface area contributed by atoms with Crippen molar-refractivity contribution in [3.8, 4) is 11.8 Å². The van der Waals surface area contributed by atoms with Gasteiger partial charge in [-0.1, -0.05) is 78.4 Å². The third-order valence-corrected chi connectivity index (χ3v) is 6.89. The zero-order valence-electron chi connectivity index (χ0n) is 22.7. The van der Waals surface area contributed by atoms with E-state index >= 15 is 0 Å². The number of nitrogens with zero attached hydrogens (tertiary/aromatic N) is 3. The monoisotopic (exact) mass is 568 g/mol. The fourth-order valence-corrected chi connectivity index (χ4v) is 4.61. The number of rotatable bonds is 14. The van der Waals surface area contributed by atoms with E-state index in [0.29, 0.717) is 41.1 Å². The van der Waals surface area contributed by atoms with Gasteiger partial charge in [0, 0.05) is 33.8 Å². The Morgan fingerprint density at radius 3 is 2.41 bits per heavy atom. The molecule has 1 atom stereocenters. The first-order valence-corrected chi connectivity index (χ1v) is 14.0. The Labute approximate surface area is 242 Å². The molecule has 3 aromatic rings. The van der Waals surface area contributed by atoms with Crippen molar-refractivity contribution in [2.75, 3.05) is 51.0 Å². The molecule has 3 rings (SSSR count). The van der Waals surface area contributed by atoms with Crippen LogP contribution in [0.5, 0.6) is 0 Å². The number of nitrogens with two attached hydrogens (primary N) is 1. The number of anilines is 2. The van der Waals surface area contributed by atoms with Gasteiger partial charge in [0.15, 0.2) is 0 Å². The molecule has 1 heterocycles. The van der Waals surface area contributed by atoms with Crippen LogP contribution < -0.4 is 10.6 Å². The van der Waals surface area contributed by atoms with Gasteiger partial charge < -0.3 is 20.5 Å². The SMILES string of the molecule is CN(C)c1cccc(C#CCOCCCCCCN(Cc2ccccc2)CC(O)c2cc(Cl)c(N)c(Cl)c2)n1. The van der Waals surface area contributed by atoms with E-state index in [9.17, 15) is 5.11 Å². The minimum Gasteiger partial charge on any atom is -0.396 e. The van der Waals surface area contributed by atoms with Crippen LogP contribution in [0.25, 0.3) is 0 Å². The van der Waals surface area contributed by atoms with E-state index in [0.717, 1.165) is 50.3 Å². The molecule has 3 N–H and O–H groups in total. The van der Waals surface area contributed by atoms with Crippen molar-refractivity contribution in [3.63, 3.8) is 0 Å². The number of hydrogen-bond donors (Lipinski definition) is 2. The zero-order chi connectivity index (χ0) is 28.0. The Morgan fingerprint density at radius 2 is 1.69 bits per heavy atom. The molecule has 0 aliphatic heterocycles. The molecule has 0 bridgehead atoms. The largest absolute Gasteiger partial charge is 0.396 e. The van der Waals surface area contributed by atoms with Crippen LogP contribution in [-0.2, 0) is 11.3 Å². The maximum Gasteiger partial charge on any atom is 0.129 e. The zero-order valence-corrected chi connectivity index (χ0v) is 24.3. The molecule has 0 fully saturated rings. The highest BCUT2D eigenvalue weighted by atomic mass is 35.5. The number of pyridine rings is 1. The molecule has 1 aromatic heterocycles. The molecule has 0 amide bonds. The molecule has 1 unspecified atom stereocenters. The Balaban J connectivity index is 1.40. The summed E-state index contributed by atoms with van der Waals surface area (Å²) in [6.07, 6.45) is 3.44. The topological polar surface area (TPSA) is 74.8 Å². The number of aliphatic hydroxyl groups excluding tert-OH is 1. The summed E-state index contributed by atoms with van der Waals surface area (Å²) in [6, 6.07) is 19.5. The van der Waals surface area contributed by atoms with Crippen LogP contribution in [0, 0.1) is 11.8 Å². The average molecular weight is 570 g/mol. The summed E-state index contributed by atoms with van der Waals surface area (Å²) in [4.78, 5) is 8.71. The third kappa shape index (κ3) is 10.7. The predicted molar refractivity (Wildman–Crippen MR) is 162 cm³/mol. The van der Waals surface area contributed by atoms with Crippen LogP contribution in [-0.4, -0.2) is 55.4 Å². The van der Waals surface area contributed by atoms with Gasteiger partial charge in [-0.05, 0) is 60.7 Å². The Hall–Kier alpha value is -2.79. The van der Waals surface area contributed by atoms with Crippen molar-refractivity contribution in [1.82, 2.24) is 9.88 Å². The molecule has 8 heteroatoms. The first kappa shape index (κ1) is 30.7. The Bertz CT molecular complexity index is 1200. The second-order valence-electron chi connectivity index (χ2n) is 9.68. The number of halogens is 2. The van der Waals surface area contributed by atoms with Gasteiger partial charge in [0.2, 0.25) is 0 Å². The van der Waals surface area contributed by atoms with Gasteiger partial charge in [-0.2, -0.15) is 0 Å². The van der Waals surface area contributed by atoms with Crippen molar-refractivity contribution >= 4 is 34.7 Å². The van der Waals surface area contributed by atoms with Crippen LogP contribution in [0.4, 0.5) is 11.5 Å². The fourth-order valence-electron chi connectivity index (χ4n) is 4.11. The lowest BCUT2D eigenvalue weighted by atomic mass is 10.1. The first-order chi connectivity index (χ1) is 18.8. The smallest absolute Gasteiger partial charge is 0.129 e. The third-order valence-electron chi connectivity index (χ3n) is 6.26. The molecule has 0 aliphatic rings. The number of aliphatic hydroxyl groups is 1. The van der Waals surface area contributed by atoms with E-state index in [-0.39, 0.29) is 0 Å². The predicted octanol–water partition coefficient (Wildman–Crippen LogP) is 6.20. The molecular weight excluding hydrogens is 531 g/mol. The van der Waals surface area contributed by atoms with Gasteiger partial charge in [0.05, 0.1) is 21.8 Å². The number of benzene rings is 2. The average Bonchev–Trinajstić information content (AvgIpc) is 2.93. The van der Waals surface area contributed by atoms with E-state index in [1.807, 2.05) is 55.4 Å². The van der Waals surface area contributed by atoms with Gasteiger partial charge in [0.1, 0.15) is 18.1 Å². The van der Waals surface area contributed by atoms with Crippen LogP contribution in [0.1, 0.15) is 48.6 Å². The Kier molecular flexibility index (Phi) is 12.9. The first-order valence-electron chi connectivity index (χ1n) is 13.2. The van der Waals surface area contributed by atoms with E-state index in [2.05, 4.69) is 33.9 Å². The lowest BCUT2D eigenvalue weighted by Crippen LogP contribution is -2.29. The normalized spacial score (nSPS) is 11.7. The summed E-state index contributed by atoms with van der Waals surface area (Å²) in [5.74, 6) is 6.99. The van der Waals surface area contributed by atoms with Gasteiger partial charge in [0.25, 0.3) is 0 Å². The molecular formula is C31H38Cl2N4O2. The minimum absolute atomic E-state index is 0.332. The number of hydrogen-bond acceptors (Lipinski definition) is 6. The highest BCUT2D eigenvalue weighted by molar-refractivity contribution is 6.38. The fraction of sp³-hybridized carbons (Fsp3) is 0.387. The van der Waals surface area contributed by atoms with Crippen molar-refractivity contribution in [3.05, 3.63) is 87.5 Å². The van der Waals surface area contributed by atoms with Crippen LogP contribution in [0.3, 0.4) is 0 Å². The summed E-state index contributed by atoms with van der Waals surface area (Å²) >= 11 is 12.4. The Morgan fingerprint density at radius 1 is 0.974 bits per heavy atom. The van der Waals surface area contributed by atoms with Crippen molar-refractivity contribution in [1.29, 1.82) is 0 Å². The van der Waals surface area contributed by atoms with Crippen molar-refractivity contribution in [2.45, 2.75) is 38.3 Å². The van der Waals surface area contributed by atoms with Crippen LogP contribution in [0.2, 0.25) is 10.0 Å². The van der Waals surface area contributed by atoms with E-state index < -0.39 is 6.10 Å². The van der Waals surface area contributed by atoms with Gasteiger partial charge in [-0.15, -0.1) is 0 Å². The summed E-state index contributed by atoms with van der Waals surface area (Å²) in [7, 11) is 3.92. The van der Waals surface area contributed by atoms with E-state index in [1.165, 1.54) is 5.56 Å². The highest BCUT2D eigenvalue weighted by Gasteiger charge is 2.16. The van der Waals surface area contributed by atoms with E-state index in [4.69, 9.17) is 33.7 Å². The number of nitrogen functional groups attached to an aromatic ring is 1. The lowest BCUT2D eigenvalue weighted by Gasteiger charge is -2.26. The van der Waals surface area contributed by atoms with Gasteiger partial charge in [-0.25, -0.2) is 4.98 Å². The molecule has 0 spiro atoms. The molecule has 208 valence electrons. The molecule has 0 radical (unpaired) electrons. The maximum absolute atomic E-state index is 10.9. The molecule has 0 saturated heterocycles. The number of unbranched alkanes of at least 4 members (excludes halogenated alkanes) is 3. The van der Waals surface area contributed by atoms with Gasteiger partial charge >= 0.3 is 0 Å². The van der Waals surface area contributed by atoms with Crippen molar-refractivity contribution < 1.29 is 9.84 Å². The summed E-state index contributed by atoms with van der Waals surface area (Å²) in [5, 5.41) is 11.6. The summed E-state index contributed by atoms with van der Waals surface area (Å²) in [6.45, 7) is 3.18. The van der Waals surface area contributed by atoms with Crippen LogP contribution in [0.15, 0.2) is 60.7 Å². The molecule has 0 aliphatic carbocycles. The molecule has 2 aromatic carbocycles. The lowest BCUT2D eigenvalue weighted by molar-refractivity contribution is 0.107. The summed E-state index contributed by atoms with van der Waals surface area (Å²) < 4.78 is 5.68. The molecule has 39 heavy (non-hydrogen) atoms. The highest BCUT2D eigenvalue weighted by Crippen LogP contribution is 2.31. The van der Waals surface area contributed by atoms with Gasteiger partial charge in [-0.3, -0.25) is 4.90 Å². The van der Waals surface area contributed by atoms with Crippen LogP contribution >= 0.6 is 23.2 Å². The number of aromatic nitrogens is 1. The summed E-state index contributed by atoms with van der Waals surface area (Å²) in [5.41, 5.74) is 8.81. The standard InChI is InChI=1S/C31H38Cl2N4O2/c1-36(2)30-16-10-14-26(35-30)15-11-19-39-18-9-4-3-8-17-37(22-24-12-6-5-7-13-24)23-29(38)25-20-27(32)31(34)28(33)21-25/h5-7,10,12-14,16,20-21,29,38H,3-4,8-9,17-19,22-23,34H2,1-2H3. The number of ether oxygens (including phenoxy) is 1. The molecule has 0 saturated carbocycles.